The van der Waals surface area contributed by atoms with Crippen LogP contribution in [0.5, 0.6) is 0 Å². The highest BCUT2D eigenvalue weighted by Gasteiger charge is 2.24. The highest BCUT2D eigenvalue weighted by molar-refractivity contribution is 7.14. The number of carbonyl (C=O) groups excluding carboxylic acids is 2. The summed E-state index contributed by atoms with van der Waals surface area (Å²) in [5.41, 5.74) is -0.0225. The lowest BCUT2D eigenvalue weighted by Crippen LogP contribution is -2.15. The van der Waals surface area contributed by atoms with E-state index in [1.807, 2.05) is 6.92 Å². The first kappa shape index (κ1) is 15.8. The van der Waals surface area contributed by atoms with E-state index in [0.29, 0.717) is 10.4 Å². The summed E-state index contributed by atoms with van der Waals surface area (Å²) in [6, 6.07) is 7.75. The van der Waals surface area contributed by atoms with Crippen molar-refractivity contribution in [2.75, 3.05) is 6.61 Å². The molecule has 0 spiro atoms. The molecule has 0 unspecified atom stereocenters. The number of ketones is 1. The number of nitro benzene ring substituents is 1. The number of esters is 1. The molecule has 0 N–H and O–H groups in total. The molecule has 0 amide bonds. The minimum Gasteiger partial charge on any atom is -0.453 e. The van der Waals surface area contributed by atoms with Crippen molar-refractivity contribution in [3.05, 3.63) is 61.3 Å². The fraction of sp³-hybridized carbons (Fsp3) is 0.200. The number of Topliss-reactive ketones (excluding diaryl/α,β-unsaturated/α-hetero) is 1. The van der Waals surface area contributed by atoms with E-state index in [0.717, 1.165) is 4.88 Å². The first-order chi connectivity index (χ1) is 10.4. The van der Waals surface area contributed by atoms with Gasteiger partial charge >= 0.3 is 5.97 Å². The number of nitrogens with zero attached hydrogens (tertiary/aromatic N) is 1. The van der Waals surface area contributed by atoms with Crippen LogP contribution in [-0.2, 0) is 4.74 Å². The van der Waals surface area contributed by atoms with Crippen LogP contribution in [0.1, 0.15) is 30.5 Å². The topological polar surface area (TPSA) is 86.5 Å². The van der Waals surface area contributed by atoms with Gasteiger partial charge in [-0.3, -0.25) is 14.9 Å². The summed E-state index contributed by atoms with van der Waals surface area (Å²) in [4.78, 5) is 35.7. The molecule has 0 radical (unpaired) electrons. The average molecular weight is 319 g/mol. The third-order valence-electron chi connectivity index (χ3n) is 3.00. The lowest BCUT2D eigenvalue weighted by molar-refractivity contribution is -0.385. The number of aryl methyl sites for hydroxylation is 2. The van der Waals surface area contributed by atoms with Gasteiger partial charge in [0.2, 0.25) is 5.78 Å². The number of hydrogen-bond acceptors (Lipinski definition) is 6. The van der Waals surface area contributed by atoms with Crippen molar-refractivity contribution in [1.29, 1.82) is 0 Å². The molecule has 2 aromatic rings. The van der Waals surface area contributed by atoms with Crippen molar-refractivity contribution in [2.24, 2.45) is 0 Å². The van der Waals surface area contributed by atoms with Gasteiger partial charge < -0.3 is 4.74 Å². The molecule has 0 aliphatic carbocycles. The van der Waals surface area contributed by atoms with E-state index < -0.39 is 17.5 Å². The molecule has 2 rings (SSSR count). The molecule has 0 fully saturated rings. The molecular weight excluding hydrogens is 306 g/mol. The van der Waals surface area contributed by atoms with Gasteiger partial charge in [-0.25, -0.2) is 4.79 Å². The molecule has 7 heteroatoms. The first-order valence-corrected chi connectivity index (χ1v) is 7.22. The summed E-state index contributed by atoms with van der Waals surface area (Å²) in [5.74, 6) is -1.20. The van der Waals surface area contributed by atoms with Crippen LogP contribution >= 0.6 is 11.3 Å². The second-order valence-corrected chi connectivity index (χ2v) is 5.92. The summed E-state index contributed by atoms with van der Waals surface area (Å²) in [5, 5.41) is 11.0. The maximum atomic E-state index is 12.1. The Morgan fingerprint density at radius 1 is 1.23 bits per heavy atom. The fourth-order valence-electron chi connectivity index (χ4n) is 1.93. The molecule has 0 bridgehead atoms. The van der Waals surface area contributed by atoms with Crippen LogP contribution in [0.3, 0.4) is 0 Å². The zero-order valence-electron chi connectivity index (χ0n) is 12.0. The first-order valence-electron chi connectivity index (χ1n) is 6.41. The molecule has 114 valence electrons. The van der Waals surface area contributed by atoms with E-state index >= 15 is 0 Å². The van der Waals surface area contributed by atoms with Crippen LogP contribution in [-0.4, -0.2) is 23.3 Å². The minimum absolute atomic E-state index is 0.123. The number of nitro groups is 1. The number of thiophene rings is 1. The van der Waals surface area contributed by atoms with Gasteiger partial charge in [-0.2, -0.15) is 0 Å². The molecular formula is C15H13NO5S. The Bertz CT molecular complexity index is 750. The van der Waals surface area contributed by atoms with Gasteiger partial charge in [0.1, 0.15) is 5.56 Å². The van der Waals surface area contributed by atoms with E-state index in [9.17, 15) is 19.7 Å². The second-order valence-electron chi connectivity index (χ2n) is 4.64. The SMILES string of the molecule is Cc1ccc(C(=O)COC(=O)c2c(C)cccc2[N+](=O)[O-])s1. The van der Waals surface area contributed by atoms with Gasteiger partial charge in [-0.05, 0) is 31.5 Å². The van der Waals surface area contributed by atoms with Gasteiger partial charge in [-0.1, -0.05) is 12.1 Å². The fourth-order valence-corrected chi connectivity index (χ4v) is 2.72. The molecule has 0 atom stereocenters. The van der Waals surface area contributed by atoms with Gasteiger partial charge in [0, 0.05) is 10.9 Å². The monoisotopic (exact) mass is 319 g/mol. The predicted octanol–water partition coefficient (Wildman–Crippen LogP) is 3.31. The van der Waals surface area contributed by atoms with Crippen LogP contribution in [0, 0.1) is 24.0 Å². The molecule has 0 saturated carbocycles. The highest BCUT2D eigenvalue weighted by atomic mass is 32.1. The second kappa shape index (κ2) is 6.48. The van der Waals surface area contributed by atoms with E-state index in [2.05, 4.69) is 0 Å². The van der Waals surface area contributed by atoms with Gasteiger partial charge in [-0.15, -0.1) is 11.3 Å². The third kappa shape index (κ3) is 3.37. The highest BCUT2D eigenvalue weighted by Crippen LogP contribution is 2.23. The van der Waals surface area contributed by atoms with Crippen LogP contribution in [0.15, 0.2) is 30.3 Å². The van der Waals surface area contributed by atoms with Crippen molar-refractivity contribution in [1.82, 2.24) is 0 Å². The van der Waals surface area contributed by atoms with Crippen LogP contribution in [0.4, 0.5) is 5.69 Å². The van der Waals surface area contributed by atoms with E-state index in [4.69, 9.17) is 4.74 Å². The van der Waals surface area contributed by atoms with Crippen molar-refractivity contribution in [2.45, 2.75) is 13.8 Å². The normalized spacial score (nSPS) is 10.3. The average Bonchev–Trinajstić information content (AvgIpc) is 2.90. The Labute approximate surface area is 130 Å². The Kier molecular flexibility index (Phi) is 4.67. The lowest BCUT2D eigenvalue weighted by Gasteiger charge is -2.06. The van der Waals surface area contributed by atoms with Crippen molar-refractivity contribution in [3.8, 4) is 0 Å². The summed E-state index contributed by atoms with van der Waals surface area (Å²) < 4.78 is 4.94. The molecule has 0 saturated heterocycles. The molecule has 22 heavy (non-hydrogen) atoms. The summed E-state index contributed by atoms with van der Waals surface area (Å²) in [6.07, 6.45) is 0. The Hall–Kier alpha value is -2.54. The summed E-state index contributed by atoms with van der Waals surface area (Å²) in [6.45, 7) is 3.00. The van der Waals surface area contributed by atoms with Crippen molar-refractivity contribution in [3.63, 3.8) is 0 Å². The Morgan fingerprint density at radius 3 is 2.55 bits per heavy atom. The predicted molar refractivity (Wildman–Crippen MR) is 81.5 cm³/mol. The summed E-state index contributed by atoms with van der Waals surface area (Å²) in [7, 11) is 0. The van der Waals surface area contributed by atoms with E-state index in [-0.39, 0.29) is 17.0 Å². The smallest absolute Gasteiger partial charge is 0.345 e. The number of ether oxygens (including phenoxy) is 1. The van der Waals surface area contributed by atoms with E-state index in [1.165, 1.54) is 23.5 Å². The van der Waals surface area contributed by atoms with Gasteiger partial charge in [0.15, 0.2) is 6.61 Å². The number of benzene rings is 1. The van der Waals surface area contributed by atoms with Crippen LogP contribution in [0.25, 0.3) is 0 Å². The van der Waals surface area contributed by atoms with Crippen molar-refractivity contribution < 1.29 is 19.2 Å². The zero-order chi connectivity index (χ0) is 16.3. The van der Waals surface area contributed by atoms with E-state index in [1.54, 1.807) is 25.1 Å². The molecule has 0 aliphatic rings. The Morgan fingerprint density at radius 2 is 1.95 bits per heavy atom. The third-order valence-corrected chi connectivity index (χ3v) is 4.04. The van der Waals surface area contributed by atoms with Crippen LogP contribution < -0.4 is 0 Å². The molecule has 1 aromatic heterocycles. The van der Waals surface area contributed by atoms with Crippen molar-refractivity contribution >= 4 is 28.8 Å². The molecule has 1 aromatic carbocycles. The van der Waals surface area contributed by atoms with Crippen LogP contribution in [0.2, 0.25) is 0 Å². The maximum Gasteiger partial charge on any atom is 0.345 e. The standard InChI is InChI=1S/C15H13NO5S/c1-9-4-3-5-11(16(19)20)14(9)15(18)21-8-12(17)13-7-6-10(2)22-13/h3-7H,8H2,1-2H3. The lowest BCUT2D eigenvalue weighted by atomic mass is 10.1. The molecule has 1 heterocycles. The maximum absolute atomic E-state index is 12.1. The minimum atomic E-state index is -0.869. The summed E-state index contributed by atoms with van der Waals surface area (Å²) >= 11 is 1.31. The van der Waals surface area contributed by atoms with Gasteiger partial charge in [0.05, 0.1) is 9.80 Å². The zero-order valence-corrected chi connectivity index (χ0v) is 12.8. The van der Waals surface area contributed by atoms with Gasteiger partial charge in [0.25, 0.3) is 5.69 Å². The largest absolute Gasteiger partial charge is 0.453 e. The molecule has 6 nitrogen and oxygen atoms in total. The number of rotatable bonds is 5. The number of carbonyl (C=O) groups is 2. The number of hydrogen-bond donors (Lipinski definition) is 0. The Balaban J connectivity index is 2.13. The quantitative estimate of drug-likeness (QED) is 0.365. The molecule has 0 aliphatic heterocycles.